The van der Waals surface area contributed by atoms with Crippen molar-refractivity contribution in [3.63, 3.8) is 0 Å². The molecule has 5 aromatic rings. The molecule has 3 aromatic heterocycles. The van der Waals surface area contributed by atoms with Gasteiger partial charge in [-0.25, -0.2) is 0 Å². The van der Waals surface area contributed by atoms with Crippen molar-refractivity contribution in [2.75, 3.05) is 5.32 Å². The van der Waals surface area contributed by atoms with Crippen molar-refractivity contribution in [2.45, 2.75) is 0 Å². The molecule has 0 aliphatic carbocycles. The number of nitrogens with one attached hydrogen (secondary N) is 1. The lowest BCUT2D eigenvalue weighted by Gasteiger charge is -2.08. The molecule has 34 heavy (non-hydrogen) atoms. The number of nitrogens with zero attached hydrogens (tertiary/aromatic N) is 1. The minimum absolute atomic E-state index is 0.0199. The van der Waals surface area contributed by atoms with E-state index in [0.717, 1.165) is 26.0 Å². The Hall–Kier alpha value is -3.14. The van der Waals surface area contributed by atoms with Gasteiger partial charge in [0, 0.05) is 25.5 Å². The second kappa shape index (κ2) is 9.25. The molecule has 0 spiro atoms. The first kappa shape index (κ1) is 21.4. The van der Waals surface area contributed by atoms with E-state index < -0.39 is 0 Å². The Bertz CT molecular complexity index is 1660. The van der Waals surface area contributed by atoms with Crippen LogP contribution >= 0.6 is 43.4 Å². The molecule has 166 valence electrons. The summed E-state index contributed by atoms with van der Waals surface area (Å²) in [5.74, 6) is 0.607. The molecule has 0 amide bonds. The van der Waals surface area contributed by atoms with Crippen LogP contribution in [0, 0.1) is 0 Å². The number of para-hydroxylation sites is 2. The second-order valence-corrected chi connectivity index (χ2v) is 12.1. The predicted molar refractivity (Wildman–Crippen MR) is 154 cm³/mol. The first-order valence-electron chi connectivity index (χ1n) is 10.5. The van der Waals surface area contributed by atoms with Crippen LogP contribution in [0.1, 0.15) is 4.88 Å². The molecule has 6 rings (SSSR count). The van der Waals surface area contributed by atoms with Gasteiger partial charge >= 0.3 is 0 Å². The summed E-state index contributed by atoms with van der Waals surface area (Å²) >= 11 is 3.09. The molecule has 1 N–H and O–H groups in total. The fraction of sp³-hybridized carbons (Fsp3) is 0. The first-order valence-corrected chi connectivity index (χ1v) is 14.5. The topological polar surface area (TPSA) is 54.6 Å². The third-order valence-electron chi connectivity index (χ3n) is 5.21. The highest BCUT2D eigenvalue weighted by atomic mass is 127. The van der Waals surface area contributed by atoms with E-state index in [-0.39, 0.29) is 26.2 Å². The summed E-state index contributed by atoms with van der Waals surface area (Å²) in [6, 6.07) is 27.5. The van der Waals surface area contributed by atoms with Crippen LogP contribution in [0.4, 0.5) is 5.69 Å². The maximum absolute atomic E-state index is 12.5. The number of fused-ring (bicyclic) bond motifs is 1. The molecule has 4 heterocycles. The monoisotopic (exact) mass is 592 g/mol. The molecule has 0 saturated carbocycles. The number of benzene rings is 2. The van der Waals surface area contributed by atoms with Gasteiger partial charge in [-0.1, -0.05) is 51.1 Å². The van der Waals surface area contributed by atoms with Gasteiger partial charge in [0.05, 0.1) is 30.8 Å². The van der Waals surface area contributed by atoms with E-state index in [1.54, 1.807) is 34.8 Å². The van der Waals surface area contributed by atoms with Gasteiger partial charge in [-0.2, -0.15) is 0 Å². The Kier molecular flexibility index (Phi) is 5.82. The van der Waals surface area contributed by atoms with Crippen LogP contribution in [0.3, 0.4) is 0 Å². The van der Waals surface area contributed by atoms with Gasteiger partial charge in [0.1, 0.15) is 11.3 Å². The summed E-state index contributed by atoms with van der Waals surface area (Å²) in [5.41, 5.74) is 2.73. The van der Waals surface area contributed by atoms with E-state index >= 15 is 0 Å². The van der Waals surface area contributed by atoms with Gasteiger partial charge in [0.15, 0.2) is 5.43 Å². The first-order chi connectivity index (χ1) is 16.7. The number of hydrogen-bond donors (Lipinski definition) is 1. The third kappa shape index (κ3) is 4.34. The molecule has 0 radical (unpaired) electrons. The van der Waals surface area contributed by atoms with E-state index in [1.807, 2.05) is 48.7 Å². The summed E-state index contributed by atoms with van der Waals surface area (Å²) < 4.78 is 9.46. The Labute approximate surface area is 213 Å². The lowest BCUT2D eigenvalue weighted by atomic mass is 10.2. The molecule has 0 saturated heterocycles. The van der Waals surface area contributed by atoms with Crippen LogP contribution in [0.5, 0.6) is 0 Å². The number of aliphatic imine (C=N–C) groups is 1. The predicted octanol–water partition coefficient (Wildman–Crippen LogP) is 7.74. The summed E-state index contributed by atoms with van der Waals surface area (Å²) in [7, 11) is 0. The van der Waals surface area contributed by atoms with Crippen LogP contribution in [0.15, 0.2) is 109 Å². The molecule has 7 heteroatoms. The van der Waals surface area contributed by atoms with Crippen LogP contribution in [0.25, 0.3) is 31.4 Å². The lowest BCUT2D eigenvalue weighted by Crippen LogP contribution is -2.03. The number of hydrogen-bond acceptors (Lipinski definition) is 6. The minimum atomic E-state index is -0.272. The zero-order valence-electron chi connectivity index (χ0n) is 17.7. The molecular formula is C27H17IN2O2S2. The Morgan fingerprint density at radius 3 is 2.29 bits per heavy atom. The number of anilines is 1. The largest absolute Gasteiger partial charge is 0.455 e. The van der Waals surface area contributed by atoms with Gasteiger partial charge < -0.3 is 9.73 Å². The van der Waals surface area contributed by atoms with E-state index in [0.29, 0.717) is 16.7 Å². The zero-order valence-corrected chi connectivity index (χ0v) is 21.5. The fourth-order valence-electron chi connectivity index (χ4n) is 3.57. The van der Waals surface area contributed by atoms with Crippen molar-refractivity contribution in [1.82, 2.24) is 0 Å². The lowest BCUT2D eigenvalue weighted by molar-refractivity contribution is 0.620. The highest BCUT2D eigenvalue weighted by Crippen LogP contribution is 2.38. The number of thiophene rings is 2. The van der Waals surface area contributed by atoms with Crippen molar-refractivity contribution >= 4 is 69.8 Å². The SMILES string of the molecule is O=c1cc(-c2ccc(-c3ccc(C4=NC=C(Nc5ccccc5)I=C4)s3)s2)oc2ccccc12. The van der Waals surface area contributed by atoms with E-state index in [4.69, 9.17) is 9.41 Å². The standard InChI is InChI=1S/C27H17IN2O2S2/c31-20-14-22(32-21-9-5-4-8-18(20)21)24-11-13-26(34-24)25-12-10-23(33-25)19-15-28-27(16-29-19)30-17-6-2-1-3-7-17/h1-16,30H. The van der Waals surface area contributed by atoms with Crippen LogP contribution in [-0.2, 0) is 0 Å². The summed E-state index contributed by atoms with van der Waals surface area (Å²) in [4.78, 5) is 21.6. The second-order valence-electron chi connectivity index (χ2n) is 7.50. The van der Waals surface area contributed by atoms with E-state index in [9.17, 15) is 4.79 Å². The maximum atomic E-state index is 12.5. The molecule has 0 unspecified atom stereocenters. The van der Waals surface area contributed by atoms with Crippen molar-refractivity contribution in [3.8, 4) is 20.4 Å². The number of rotatable bonds is 5. The van der Waals surface area contributed by atoms with Gasteiger partial charge in [0.25, 0.3) is 0 Å². The van der Waals surface area contributed by atoms with Crippen molar-refractivity contribution in [2.24, 2.45) is 4.99 Å². The normalized spacial score (nSPS) is 13.3. The maximum Gasteiger partial charge on any atom is 0.193 e. The summed E-state index contributed by atoms with van der Waals surface area (Å²) in [5, 5.41) is 4.07. The summed E-state index contributed by atoms with van der Waals surface area (Å²) in [6.45, 7) is 0. The van der Waals surface area contributed by atoms with Crippen LogP contribution in [0.2, 0.25) is 0 Å². The van der Waals surface area contributed by atoms with E-state index in [1.165, 1.54) is 8.58 Å². The average molecular weight is 592 g/mol. The minimum Gasteiger partial charge on any atom is -0.455 e. The smallest absolute Gasteiger partial charge is 0.193 e. The Balaban J connectivity index is 1.23. The molecule has 2 aromatic carbocycles. The van der Waals surface area contributed by atoms with Crippen molar-refractivity contribution in [3.05, 3.63) is 110 Å². The summed E-state index contributed by atoms with van der Waals surface area (Å²) in [6.07, 6.45) is 1.96. The molecular weight excluding hydrogens is 575 g/mol. The highest BCUT2D eigenvalue weighted by molar-refractivity contribution is 14.2. The van der Waals surface area contributed by atoms with Gasteiger partial charge in [-0.05, 0) is 48.5 Å². The Morgan fingerprint density at radius 1 is 0.794 bits per heavy atom. The third-order valence-corrected chi connectivity index (χ3v) is 9.74. The van der Waals surface area contributed by atoms with Gasteiger partial charge in [-0.3, -0.25) is 9.79 Å². The zero-order chi connectivity index (χ0) is 22.9. The quantitative estimate of drug-likeness (QED) is 0.168. The molecule has 4 nitrogen and oxygen atoms in total. The van der Waals surface area contributed by atoms with Gasteiger partial charge in [-0.15, -0.1) is 22.7 Å². The fourth-order valence-corrected chi connectivity index (χ4v) is 7.69. The molecule has 1 aliphatic heterocycles. The highest BCUT2D eigenvalue weighted by Gasteiger charge is 2.13. The number of halogens is 1. The molecule has 1 aliphatic rings. The Morgan fingerprint density at radius 2 is 1.50 bits per heavy atom. The molecule has 0 atom stereocenters. The van der Waals surface area contributed by atoms with Crippen molar-refractivity contribution < 1.29 is 4.42 Å². The average Bonchev–Trinajstić information content (AvgIpc) is 3.56. The molecule has 0 bridgehead atoms. The van der Waals surface area contributed by atoms with Crippen LogP contribution in [-0.4, -0.2) is 9.72 Å². The molecule has 0 fully saturated rings. The van der Waals surface area contributed by atoms with E-state index in [2.05, 4.69) is 39.7 Å². The van der Waals surface area contributed by atoms with Crippen LogP contribution < -0.4 is 10.7 Å². The van der Waals surface area contributed by atoms with Gasteiger partial charge in [0.2, 0.25) is 0 Å². The van der Waals surface area contributed by atoms with Crippen molar-refractivity contribution in [1.29, 1.82) is 0 Å².